The number of ether oxygens (including phenoxy) is 2. The van der Waals surface area contributed by atoms with Crippen LogP contribution in [0.15, 0.2) is 0 Å². The first kappa shape index (κ1) is 20.2. The molecule has 9 heteroatoms. The van der Waals surface area contributed by atoms with E-state index in [0.717, 1.165) is 0 Å². The van der Waals surface area contributed by atoms with Crippen molar-refractivity contribution in [2.24, 2.45) is 5.73 Å². The van der Waals surface area contributed by atoms with Gasteiger partial charge in [-0.25, -0.2) is 0 Å². The van der Waals surface area contributed by atoms with E-state index in [1.807, 2.05) is 0 Å². The van der Waals surface area contributed by atoms with Crippen molar-refractivity contribution < 1.29 is 28.7 Å². The minimum absolute atomic E-state index is 0.0763. The topological polar surface area (TPSA) is 137 Å². The minimum atomic E-state index is -1.13. The molecule has 0 rings (SSSR count). The van der Waals surface area contributed by atoms with Crippen molar-refractivity contribution in [2.45, 2.75) is 18.9 Å². The van der Waals surface area contributed by atoms with Crippen LogP contribution in [-0.2, 0) is 28.7 Å². The average molecular weight is 317 g/mol. The SMILES string of the molecule is COCCNC(=O)C(=O)CCC(N)C(=O)C(=O)NCCOC. The third kappa shape index (κ3) is 8.45. The molecule has 0 aromatic heterocycles. The van der Waals surface area contributed by atoms with Crippen LogP contribution in [0.2, 0.25) is 0 Å². The summed E-state index contributed by atoms with van der Waals surface area (Å²) in [7, 11) is 2.93. The Morgan fingerprint density at radius 2 is 1.45 bits per heavy atom. The summed E-state index contributed by atoms with van der Waals surface area (Å²) in [4.78, 5) is 45.9. The Balaban J connectivity index is 4.07. The summed E-state index contributed by atoms with van der Waals surface area (Å²) in [5, 5.41) is 4.70. The van der Waals surface area contributed by atoms with Crippen molar-refractivity contribution in [3.05, 3.63) is 0 Å². The molecule has 0 aromatic rings. The number of nitrogens with two attached hydrogens (primary N) is 1. The zero-order chi connectivity index (χ0) is 17.0. The number of amides is 2. The Hall–Kier alpha value is -1.84. The summed E-state index contributed by atoms with van der Waals surface area (Å²) in [5.41, 5.74) is 5.55. The molecule has 0 bridgehead atoms. The van der Waals surface area contributed by atoms with Gasteiger partial charge < -0.3 is 25.8 Å². The van der Waals surface area contributed by atoms with Gasteiger partial charge in [-0.2, -0.15) is 0 Å². The van der Waals surface area contributed by atoms with Crippen LogP contribution < -0.4 is 16.4 Å². The standard InChI is InChI=1S/C13H23N3O6/c1-21-7-5-15-12(19)10(17)4-3-9(14)11(18)13(20)16-6-8-22-2/h9H,3-8,14H2,1-2H3,(H,15,19)(H,16,20). The van der Waals surface area contributed by atoms with Gasteiger partial charge in [-0.15, -0.1) is 0 Å². The second-order valence-corrected chi connectivity index (χ2v) is 4.43. The summed E-state index contributed by atoms with van der Waals surface area (Å²) in [6, 6.07) is -1.13. The van der Waals surface area contributed by atoms with E-state index in [1.54, 1.807) is 0 Å². The fourth-order valence-electron chi connectivity index (χ4n) is 1.42. The first-order valence-corrected chi connectivity index (χ1v) is 6.80. The zero-order valence-corrected chi connectivity index (χ0v) is 12.8. The van der Waals surface area contributed by atoms with E-state index in [9.17, 15) is 19.2 Å². The van der Waals surface area contributed by atoms with E-state index in [1.165, 1.54) is 14.2 Å². The Morgan fingerprint density at radius 3 is 1.95 bits per heavy atom. The van der Waals surface area contributed by atoms with Gasteiger partial charge in [0, 0.05) is 33.7 Å². The number of Topliss-reactive ketones (excluding diaryl/α,β-unsaturated/α-hetero) is 2. The van der Waals surface area contributed by atoms with Gasteiger partial charge in [0.25, 0.3) is 11.8 Å². The summed E-state index contributed by atoms with van der Waals surface area (Å²) < 4.78 is 9.45. The Labute approximate surface area is 128 Å². The molecule has 0 fully saturated rings. The molecular weight excluding hydrogens is 294 g/mol. The maximum absolute atomic E-state index is 11.6. The molecule has 0 heterocycles. The normalized spacial score (nSPS) is 11.6. The highest BCUT2D eigenvalue weighted by molar-refractivity contribution is 6.38. The number of hydrogen-bond acceptors (Lipinski definition) is 7. The fraction of sp³-hybridized carbons (Fsp3) is 0.692. The van der Waals surface area contributed by atoms with Gasteiger partial charge in [0.15, 0.2) is 0 Å². The summed E-state index contributed by atoms with van der Waals surface area (Å²) >= 11 is 0. The van der Waals surface area contributed by atoms with Gasteiger partial charge in [-0.1, -0.05) is 0 Å². The second kappa shape index (κ2) is 11.8. The smallest absolute Gasteiger partial charge is 0.289 e. The molecule has 1 atom stereocenters. The number of carbonyl (C=O) groups excluding carboxylic acids is 4. The number of carbonyl (C=O) groups is 4. The average Bonchev–Trinajstić information content (AvgIpc) is 2.51. The van der Waals surface area contributed by atoms with Gasteiger partial charge in [0.2, 0.25) is 11.6 Å². The van der Waals surface area contributed by atoms with Gasteiger partial charge in [-0.3, -0.25) is 19.2 Å². The van der Waals surface area contributed by atoms with Crippen molar-refractivity contribution in [3.8, 4) is 0 Å². The lowest BCUT2D eigenvalue weighted by molar-refractivity contribution is -0.139. The summed E-state index contributed by atoms with van der Waals surface area (Å²) in [6.07, 6.45) is -0.288. The molecular formula is C13H23N3O6. The Morgan fingerprint density at radius 1 is 0.955 bits per heavy atom. The first-order chi connectivity index (χ1) is 10.4. The van der Waals surface area contributed by atoms with E-state index in [-0.39, 0.29) is 32.5 Å². The van der Waals surface area contributed by atoms with Crippen molar-refractivity contribution in [1.82, 2.24) is 10.6 Å². The van der Waals surface area contributed by atoms with Gasteiger partial charge in [-0.05, 0) is 6.42 Å². The predicted molar refractivity (Wildman–Crippen MR) is 77.0 cm³/mol. The maximum Gasteiger partial charge on any atom is 0.289 e. The highest BCUT2D eigenvalue weighted by atomic mass is 16.5. The van der Waals surface area contributed by atoms with Crippen molar-refractivity contribution in [1.29, 1.82) is 0 Å². The highest BCUT2D eigenvalue weighted by Gasteiger charge is 2.23. The number of rotatable bonds is 12. The molecule has 0 aliphatic heterocycles. The quantitative estimate of drug-likeness (QED) is 0.273. The van der Waals surface area contributed by atoms with Crippen LogP contribution >= 0.6 is 0 Å². The van der Waals surface area contributed by atoms with Crippen LogP contribution in [0.1, 0.15) is 12.8 Å². The van der Waals surface area contributed by atoms with Crippen molar-refractivity contribution >= 4 is 23.4 Å². The maximum atomic E-state index is 11.6. The lowest BCUT2D eigenvalue weighted by Crippen LogP contribution is -2.44. The molecule has 0 spiro atoms. The van der Waals surface area contributed by atoms with E-state index in [2.05, 4.69) is 10.6 Å². The highest BCUT2D eigenvalue weighted by Crippen LogP contribution is 1.98. The van der Waals surface area contributed by atoms with Crippen LogP contribution in [-0.4, -0.2) is 69.9 Å². The monoisotopic (exact) mass is 317 g/mol. The minimum Gasteiger partial charge on any atom is -0.383 e. The predicted octanol–water partition coefficient (Wildman–Crippen LogP) is -2.24. The zero-order valence-electron chi connectivity index (χ0n) is 12.8. The molecule has 0 aliphatic carbocycles. The Bertz CT molecular complexity index is 399. The number of hydrogen-bond donors (Lipinski definition) is 3. The van der Waals surface area contributed by atoms with E-state index in [4.69, 9.17) is 15.2 Å². The molecule has 126 valence electrons. The molecule has 4 N–H and O–H groups in total. The fourth-order valence-corrected chi connectivity index (χ4v) is 1.42. The van der Waals surface area contributed by atoms with Gasteiger partial charge >= 0.3 is 0 Å². The third-order valence-electron chi connectivity index (χ3n) is 2.68. The molecule has 1 unspecified atom stereocenters. The molecule has 0 saturated carbocycles. The van der Waals surface area contributed by atoms with E-state index < -0.39 is 29.4 Å². The van der Waals surface area contributed by atoms with Crippen LogP contribution in [0.25, 0.3) is 0 Å². The summed E-state index contributed by atoms with van der Waals surface area (Å²) in [6.45, 7) is 0.968. The molecule has 0 radical (unpaired) electrons. The molecule has 22 heavy (non-hydrogen) atoms. The molecule has 0 saturated heterocycles. The molecule has 2 amide bonds. The van der Waals surface area contributed by atoms with Crippen LogP contribution in [0.4, 0.5) is 0 Å². The largest absolute Gasteiger partial charge is 0.383 e. The van der Waals surface area contributed by atoms with Crippen LogP contribution in [0.5, 0.6) is 0 Å². The Kier molecular flexibility index (Phi) is 10.8. The van der Waals surface area contributed by atoms with Gasteiger partial charge in [0.05, 0.1) is 19.3 Å². The van der Waals surface area contributed by atoms with E-state index >= 15 is 0 Å². The van der Waals surface area contributed by atoms with Gasteiger partial charge in [0.1, 0.15) is 0 Å². The van der Waals surface area contributed by atoms with Crippen LogP contribution in [0.3, 0.4) is 0 Å². The van der Waals surface area contributed by atoms with Crippen molar-refractivity contribution in [2.75, 3.05) is 40.5 Å². The molecule has 0 aromatic carbocycles. The van der Waals surface area contributed by atoms with E-state index in [0.29, 0.717) is 6.61 Å². The molecule has 0 aliphatic rings. The summed E-state index contributed by atoms with van der Waals surface area (Å²) in [5.74, 6) is -3.12. The number of methoxy groups -OCH3 is 2. The molecule has 9 nitrogen and oxygen atoms in total. The third-order valence-corrected chi connectivity index (χ3v) is 2.68. The number of ketones is 2. The first-order valence-electron chi connectivity index (χ1n) is 6.80. The lowest BCUT2D eigenvalue weighted by Gasteiger charge is -2.10. The second-order valence-electron chi connectivity index (χ2n) is 4.43. The van der Waals surface area contributed by atoms with Crippen LogP contribution in [0, 0.1) is 0 Å². The van der Waals surface area contributed by atoms with Crippen molar-refractivity contribution in [3.63, 3.8) is 0 Å². The lowest BCUT2D eigenvalue weighted by atomic mass is 10.0. The number of nitrogens with one attached hydrogen (secondary N) is 2.